The van der Waals surface area contributed by atoms with Crippen molar-refractivity contribution in [3.05, 3.63) is 47.4 Å². The number of aromatic carboxylic acids is 1. The van der Waals surface area contributed by atoms with Crippen LogP contribution in [0.1, 0.15) is 10.5 Å². The second-order valence-electron chi connectivity index (χ2n) is 3.05. The van der Waals surface area contributed by atoms with Crippen LogP contribution in [0.2, 0.25) is 5.02 Å². The molecule has 0 saturated carbocycles. The van der Waals surface area contributed by atoms with E-state index in [1.165, 1.54) is 18.0 Å². The largest absolute Gasteiger partial charge is 0.476 e. The molecule has 0 bridgehead atoms. The van der Waals surface area contributed by atoms with Crippen LogP contribution in [0.15, 0.2) is 46.6 Å². The Kier molecular flexibility index (Phi) is 3.61. The fourth-order valence-corrected chi connectivity index (χ4v) is 2.29. The number of nitrogens with zero attached hydrogens (tertiary/aromatic N) is 2. The molecule has 6 heteroatoms. The van der Waals surface area contributed by atoms with E-state index in [0.717, 1.165) is 0 Å². The monoisotopic (exact) mass is 266 g/mol. The topological polar surface area (TPSA) is 63.1 Å². The third-order valence-corrected chi connectivity index (χ3v) is 3.39. The van der Waals surface area contributed by atoms with E-state index >= 15 is 0 Å². The minimum absolute atomic E-state index is 0.000722. The molecule has 0 spiro atoms. The summed E-state index contributed by atoms with van der Waals surface area (Å²) in [5.41, 5.74) is -0.000722. The second-order valence-corrected chi connectivity index (χ2v) is 4.49. The molecule has 0 saturated heterocycles. The molecule has 1 N–H and O–H groups in total. The Hall–Kier alpha value is -1.59. The Bertz CT molecular complexity index is 563. The van der Waals surface area contributed by atoms with Gasteiger partial charge < -0.3 is 5.11 Å². The summed E-state index contributed by atoms with van der Waals surface area (Å²) in [6.07, 6.45) is 3.04. The van der Waals surface area contributed by atoms with Crippen molar-refractivity contribution in [1.29, 1.82) is 0 Å². The van der Waals surface area contributed by atoms with Gasteiger partial charge in [0.2, 0.25) is 0 Å². The third-order valence-electron chi connectivity index (χ3n) is 1.90. The van der Waals surface area contributed by atoms with Crippen molar-refractivity contribution in [2.75, 3.05) is 0 Å². The SMILES string of the molecule is O=C(O)c1ncccc1Sc1ncccc1Cl. The number of carboxylic acid groups (broad SMARTS) is 1. The number of carboxylic acids is 1. The number of hydrogen-bond donors (Lipinski definition) is 1. The van der Waals surface area contributed by atoms with Gasteiger partial charge in [0.05, 0.1) is 5.02 Å². The number of aromatic nitrogens is 2. The van der Waals surface area contributed by atoms with Crippen molar-refractivity contribution in [2.24, 2.45) is 0 Å². The van der Waals surface area contributed by atoms with Gasteiger partial charge in [-0.1, -0.05) is 23.4 Å². The molecule has 2 aromatic heterocycles. The number of hydrogen-bond acceptors (Lipinski definition) is 4. The van der Waals surface area contributed by atoms with Crippen molar-refractivity contribution < 1.29 is 9.90 Å². The Morgan fingerprint density at radius 1 is 1.24 bits per heavy atom. The molecule has 0 aliphatic heterocycles. The lowest BCUT2D eigenvalue weighted by molar-refractivity contribution is 0.0686. The summed E-state index contributed by atoms with van der Waals surface area (Å²) in [5, 5.41) is 10.0. The van der Waals surface area contributed by atoms with E-state index in [0.29, 0.717) is 14.9 Å². The molecule has 0 aliphatic carbocycles. The van der Waals surface area contributed by atoms with Gasteiger partial charge in [-0.2, -0.15) is 0 Å². The molecule has 0 amide bonds. The molecule has 0 aromatic carbocycles. The van der Waals surface area contributed by atoms with Gasteiger partial charge >= 0.3 is 5.97 Å². The lowest BCUT2D eigenvalue weighted by atomic mass is 10.3. The molecule has 0 radical (unpaired) electrons. The lowest BCUT2D eigenvalue weighted by Crippen LogP contribution is -2.01. The summed E-state index contributed by atoms with van der Waals surface area (Å²) in [4.78, 5) is 19.4. The predicted molar refractivity (Wildman–Crippen MR) is 64.6 cm³/mol. The molecule has 0 atom stereocenters. The third kappa shape index (κ3) is 2.75. The van der Waals surface area contributed by atoms with Crippen LogP contribution in [0.4, 0.5) is 0 Å². The molecule has 0 aliphatic rings. The van der Waals surface area contributed by atoms with Gasteiger partial charge in [-0.25, -0.2) is 14.8 Å². The summed E-state index contributed by atoms with van der Waals surface area (Å²) >= 11 is 7.14. The van der Waals surface area contributed by atoms with E-state index in [2.05, 4.69) is 9.97 Å². The molecule has 0 unspecified atom stereocenters. The highest BCUT2D eigenvalue weighted by Crippen LogP contribution is 2.32. The zero-order valence-electron chi connectivity index (χ0n) is 8.50. The summed E-state index contributed by atoms with van der Waals surface area (Å²) in [6, 6.07) is 6.76. The van der Waals surface area contributed by atoms with Gasteiger partial charge in [-0.15, -0.1) is 0 Å². The Labute approximate surface area is 107 Å². The van der Waals surface area contributed by atoms with Crippen molar-refractivity contribution >= 4 is 29.3 Å². The van der Waals surface area contributed by atoms with Gasteiger partial charge in [0.25, 0.3) is 0 Å². The fourth-order valence-electron chi connectivity index (χ4n) is 1.18. The fraction of sp³-hybridized carbons (Fsp3) is 0. The summed E-state index contributed by atoms with van der Waals surface area (Å²) < 4.78 is 0. The van der Waals surface area contributed by atoms with Gasteiger partial charge in [-0.05, 0) is 24.3 Å². The zero-order chi connectivity index (χ0) is 12.3. The number of halogens is 1. The average Bonchev–Trinajstić information content (AvgIpc) is 2.32. The summed E-state index contributed by atoms with van der Waals surface area (Å²) in [5.74, 6) is -1.07. The van der Waals surface area contributed by atoms with Crippen LogP contribution in [-0.4, -0.2) is 21.0 Å². The first-order chi connectivity index (χ1) is 8.18. The zero-order valence-corrected chi connectivity index (χ0v) is 10.1. The molecular formula is C11H7ClN2O2S. The van der Waals surface area contributed by atoms with E-state index in [4.69, 9.17) is 16.7 Å². The first-order valence-corrected chi connectivity index (χ1v) is 5.84. The van der Waals surface area contributed by atoms with E-state index < -0.39 is 5.97 Å². The highest BCUT2D eigenvalue weighted by molar-refractivity contribution is 7.99. The van der Waals surface area contributed by atoms with Crippen molar-refractivity contribution in [3.63, 3.8) is 0 Å². The number of carbonyl (C=O) groups is 1. The highest BCUT2D eigenvalue weighted by Gasteiger charge is 2.13. The van der Waals surface area contributed by atoms with Crippen molar-refractivity contribution in [3.8, 4) is 0 Å². The molecule has 0 fully saturated rings. The molecule has 2 rings (SSSR count). The quantitative estimate of drug-likeness (QED) is 0.925. The van der Waals surface area contributed by atoms with Crippen LogP contribution in [-0.2, 0) is 0 Å². The average molecular weight is 267 g/mol. The maximum absolute atomic E-state index is 11.0. The van der Waals surface area contributed by atoms with Gasteiger partial charge in [0, 0.05) is 17.3 Å². The second kappa shape index (κ2) is 5.16. The minimum atomic E-state index is -1.07. The van der Waals surface area contributed by atoms with Crippen LogP contribution >= 0.6 is 23.4 Å². The van der Waals surface area contributed by atoms with E-state index in [9.17, 15) is 4.79 Å². The van der Waals surface area contributed by atoms with Crippen LogP contribution in [0.5, 0.6) is 0 Å². The van der Waals surface area contributed by atoms with Crippen LogP contribution < -0.4 is 0 Å². The Balaban J connectivity index is 2.37. The molecule has 17 heavy (non-hydrogen) atoms. The van der Waals surface area contributed by atoms with Gasteiger partial charge in [0.15, 0.2) is 5.69 Å². The van der Waals surface area contributed by atoms with Crippen LogP contribution in [0.25, 0.3) is 0 Å². The first kappa shape index (κ1) is 11.9. The van der Waals surface area contributed by atoms with Gasteiger partial charge in [0.1, 0.15) is 5.03 Å². The van der Waals surface area contributed by atoms with Crippen molar-refractivity contribution in [2.45, 2.75) is 9.92 Å². The van der Waals surface area contributed by atoms with Crippen molar-refractivity contribution in [1.82, 2.24) is 9.97 Å². The standard InChI is InChI=1S/C11H7ClN2O2S/c12-7-3-1-6-14-10(7)17-8-4-2-5-13-9(8)11(15)16/h1-6H,(H,15,16). The molecule has 2 heterocycles. The lowest BCUT2D eigenvalue weighted by Gasteiger charge is -2.04. The van der Waals surface area contributed by atoms with Crippen LogP contribution in [0.3, 0.4) is 0 Å². The Morgan fingerprint density at radius 2 is 1.94 bits per heavy atom. The smallest absolute Gasteiger partial charge is 0.355 e. The summed E-state index contributed by atoms with van der Waals surface area (Å²) in [6.45, 7) is 0. The number of pyridine rings is 2. The summed E-state index contributed by atoms with van der Waals surface area (Å²) in [7, 11) is 0. The minimum Gasteiger partial charge on any atom is -0.476 e. The maximum Gasteiger partial charge on any atom is 0.355 e. The van der Waals surface area contributed by atoms with Crippen LogP contribution in [0, 0.1) is 0 Å². The maximum atomic E-state index is 11.0. The highest BCUT2D eigenvalue weighted by atomic mass is 35.5. The molecule has 2 aromatic rings. The van der Waals surface area contributed by atoms with E-state index in [-0.39, 0.29) is 5.69 Å². The molecular weight excluding hydrogens is 260 g/mol. The molecule has 86 valence electrons. The first-order valence-electron chi connectivity index (χ1n) is 4.65. The Morgan fingerprint density at radius 3 is 2.65 bits per heavy atom. The number of rotatable bonds is 3. The van der Waals surface area contributed by atoms with E-state index in [1.54, 1.807) is 30.5 Å². The molecule has 4 nitrogen and oxygen atoms in total. The predicted octanol–water partition coefficient (Wildman–Crippen LogP) is 2.98. The van der Waals surface area contributed by atoms with E-state index in [1.807, 2.05) is 0 Å². The normalized spacial score (nSPS) is 10.2. The van der Waals surface area contributed by atoms with Gasteiger partial charge in [-0.3, -0.25) is 0 Å².